The maximum Gasteiger partial charge on any atom is 0.410 e. The fourth-order valence-corrected chi connectivity index (χ4v) is 2.54. The minimum atomic E-state index is -0.719. The zero-order valence-corrected chi connectivity index (χ0v) is 13.2. The van der Waals surface area contributed by atoms with Gasteiger partial charge in [-0.05, 0) is 5.56 Å². The number of esters is 1. The molecule has 126 valence electrons. The van der Waals surface area contributed by atoms with Crippen LogP contribution >= 0.6 is 0 Å². The van der Waals surface area contributed by atoms with E-state index in [0.717, 1.165) is 5.56 Å². The van der Waals surface area contributed by atoms with Crippen LogP contribution in [-0.2, 0) is 20.9 Å². The fraction of sp³-hybridized carbons (Fsp3) is 0.500. The molecule has 1 aliphatic heterocycles. The number of hydrogen-bond donors (Lipinski definition) is 1. The van der Waals surface area contributed by atoms with Crippen molar-refractivity contribution >= 4 is 12.1 Å². The average molecular weight is 322 g/mol. The number of aliphatic hydroxyl groups excluding tert-OH is 1. The Hall–Kier alpha value is -2.12. The van der Waals surface area contributed by atoms with Crippen molar-refractivity contribution in [1.29, 1.82) is 0 Å². The molecule has 7 heteroatoms. The van der Waals surface area contributed by atoms with Crippen molar-refractivity contribution in [3.8, 4) is 0 Å². The second-order valence-corrected chi connectivity index (χ2v) is 5.30. The number of nitrogens with zero attached hydrogens (tertiary/aromatic N) is 2. The Morgan fingerprint density at radius 2 is 2.00 bits per heavy atom. The Balaban J connectivity index is 1.97. The van der Waals surface area contributed by atoms with Gasteiger partial charge in [0.05, 0.1) is 13.7 Å². The summed E-state index contributed by atoms with van der Waals surface area (Å²) in [4.78, 5) is 27.6. The van der Waals surface area contributed by atoms with Crippen LogP contribution in [-0.4, -0.2) is 72.9 Å². The summed E-state index contributed by atoms with van der Waals surface area (Å²) in [6, 6.07) is 8.64. The van der Waals surface area contributed by atoms with Gasteiger partial charge in [-0.25, -0.2) is 9.59 Å². The summed E-state index contributed by atoms with van der Waals surface area (Å²) >= 11 is 0. The predicted octanol–water partition coefficient (Wildman–Crippen LogP) is 0.475. The Labute approximate surface area is 135 Å². The van der Waals surface area contributed by atoms with Crippen molar-refractivity contribution in [2.75, 3.05) is 39.9 Å². The molecule has 1 aromatic rings. The zero-order chi connectivity index (χ0) is 16.7. The van der Waals surface area contributed by atoms with Crippen LogP contribution in [0.1, 0.15) is 5.56 Å². The number of aliphatic hydroxyl groups is 1. The van der Waals surface area contributed by atoms with Gasteiger partial charge >= 0.3 is 12.1 Å². The number of β-amino-alcohol motifs (C(OH)–C–C–N with tert-alkyl or cyclic N) is 1. The number of hydrogen-bond acceptors (Lipinski definition) is 6. The molecule has 0 radical (unpaired) electrons. The molecule has 0 spiro atoms. The van der Waals surface area contributed by atoms with Crippen LogP contribution in [0.2, 0.25) is 0 Å². The second-order valence-electron chi connectivity index (χ2n) is 5.30. The van der Waals surface area contributed by atoms with Gasteiger partial charge in [-0.15, -0.1) is 0 Å². The molecule has 1 atom stereocenters. The molecule has 0 bridgehead atoms. The third kappa shape index (κ3) is 4.67. The lowest BCUT2D eigenvalue weighted by Crippen LogP contribution is -2.58. The van der Waals surface area contributed by atoms with Crippen LogP contribution in [0.3, 0.4) is 0 Å². The average Bonchev–Trinajstić information content (AvgIpc) is 2.60. The standard InChI is InChI=1S/C16H22N2O5/c1-22-15(20)14-11-17(9-10-19)7-8-18(14)16(21)23-12-13-5-3-2-4-6-13/h2-6,14,19H,7-12H2,1H3/t14-/m0/s1. The van der Waals surface area contributed by atoms with E-state index in [1.165, 1.54) is 12.0 Å². The molecular formula is C16H22N2O5. The smallest absolute Gasteiger partial charge is 0.410 e. The molecule has 7 nitrogen and oxygen atoms in total. The first-order valence-electron chi connectivity index (χ1n) is 7.54. The van der Waals surface area contributed by atoms with E-state index in [4.69, 9.17) is 14.6 Å². The highest BCUT2D eigenvalue weighted by atomic mass is 16.6. The lowest BCUT2D eigenvalue weighted by molar-refractivity contribution is -0.148. The molecule has 0 unspecified atom stereocenters. The summed E-state index contributed by atoms with van der Waals surface area (Å²) in [6.07, 6.45) is -0.534. The number of carbonyl (C=O) groups is 2. The summed E-state index contributed by atoms with van der Waals surface area (Å²) in [7, 11) is 1.29. The number of ether oxygens (including phenoxy) is 2. The number of amides is 1. The van der Waals surface area contributed by atoms with Crippen molar-refractivity contribution in [1.82, 2.24) is 9.80 Å². The van der Waals surface area contributed by atoms with Gasteiger partial charge < -0.3 is 14.6 Å². The number of rotatable bonds is 5. The molecule has 1 saturated heterocycles. The van der Waals surface area contributed by atoms with Gasteiger partial charge in [-0.2, -0.15) is 0 Å². The molecular weight excluding hydrogens is 300 g/mol. The van der Waals surface area contributed by atoms with Gasteiger partial charge in [0.25, 0.3) is 0 Å². The Morgan fingerprint density at radius 3 is 2.65 bits per heavy atom. The lowest BCUT2D eigenvalue weighted by Gasteiger charge is -2.38. The zero-order valence-electron chi connectivity index (χ0n) is 13.2. The number of methoxy groups -OCH3 is 1. The predicted molar refractivity (Wildman–Crippen MR) is 82.7 cm³/mol. The number of benzene rings is 1. The van der Waals surface area contributed by atoms with Crippen LogP contribution in [0.5, 0.6) is 0 Å². The summed E-state index contributed by atoms with van der Waals surface area (Å²) in [5, 5.41) is 9.02. The molecule has 0 aliphatic carbocycles. The number of piperazine rings is 1. The molecule has 0 aromatic heterocycles. The molecule has 1 heterocycles. The largest absolute Gasteiger partial charge is 0.467 e. The van der Waals surface area contributed by atoms with Gasteiger partial charge in [0.1, 0.15) is 12.6 Å². The Bertz CT molecular complexity index is 522. The number of carbonyl (C=O) groups excluding carboxylic acids is 2. The van der Waals surface area contributed by atoms with E-state index in [9.17, 15) is 9.59 Å². The quantitative estimate of drug-likeness (QED) is 0.794. The van der Waals surface area contributed by atoms with Gasteiger partial charge in [0, 0.05) is 26.2 Å². The van der Waals surface area contributed by atoms with Gasteiger partial charge in [0.15, 0.2) is 0 Å². The third-order valence-corrected chi connectivity index (χ3v) is 3.79. The summed E-state index contributed by atoms with van der Waals surface area (Å²) in [5.41, 5.74) is 0.884. The van der Waals surface area contributed by atoms with E-state index < -0.39 is 18.1 Å². The summed E-state index contributed by atoms with van der Waals surface area (Å²) in [6.45, 7) is 1.88. The highest BCUT2D eigenvalue weighted by molar-refractivity contribution is 5.82. The minimum absolute atomic E-state index is 0.00630. The maximum atomic E-state index is 12.3. The SMILES string of the molecule is COC(=O)[C@@H]1CN(CCO)CCN1C(=O)OCc1ccccc1. The van der Waals surface area contributed by atoms with Crippen molar-refractivity contribution in [2.24, 2.45) is 0 Å². The molecule has 2 rings (SSSR count). The van der Waals surface area contributed by atoms with Crippen molar-refractivity contribution in [3.63, 3.8) is 0 Å². The molecule has 1 N–H and O–H groups in total. The van der Waals surface area contributed by atoms with Crippen LogP contribution < -0.4 is 0 Å². The topological polar surface area (TPSA) is 79.3 Å². The van der Waals surface area contributed by atoms with E-state index in [1.54, 1.807) is 0 Å². The Kier molecular flexibility index (Phi) is 6.37. The van der Waals surface area contributed by atoms with E-state index in [2.05, 4.69) is 0 Å². The van der Waals surface area contributed by atoms with Gasteiger partial charge in [-0.1, -0.05) is 30.3 Å². The fourth-order valence-electron chi connectivity index (χ4n) is 2.54. The van der Waals surface area contributed by atoms with Crippen molar-refractivity contribution in [3.05, 3.63) is 35.9 Å². The highest BCUT2D eigenvalue weighted by Crippen LogP contribution is 2.14. The van der Waals surface area contributed by atoms with Crippen molar-refractivity contribution < 1.29 is 24.2 Å². The van der Waals surface area contributed by atoms with Crippen LogP contribution in [0.4, 0.5) is 4.79 Å². The van der Waals surface area contributed by atoms with E-state index >= 15 is 0 Å². The maximum absolute atomic E-state index is 12.3. The first kappa shape index (κ1) is 17.2. The summed E-state index contributed by atoms with van der Waals surface area (Å²) < 4.78 is 10.1. The minimum Gasteiger partial charge on any atom is -0.467 e. The molecule has 1 aromatic carbocycles. The molecule has 1 fully saturated rings. The summed E-state index contributed by atoms with van der Waals surface area (Å²) in [5.74, 6) is -0.482. The molecule has 23 heavy (non-hydrogen) atoms. The van der Waals surface area contributed by atoms with Crippen LogP contribution in [0.15, 0.2) is 30.3 Å². The lowest BCUT2D eigenvalue weighted by atomic mass is 10.2. The van der Waals surface area contributed by atoms with Crippen molar-refractivity contribution in [2.45, 2.75) is 12.6 Å². The van der Waals surface area contributed by atoms with Gasteiger partial charge in [0.2, 0.25) is 0 Å². The molecule has 1 aliphatic rings. The van der Waals surface area contributed by atoms with Crippen LogP contribution in [0.25, 0.3) is 0 Å². The third-order valence-electron chi connectivity index (χ3n) is 3.79. The Morgan fingerprint density at radius 1 is 1.26 bits per heavy atom. The monoisotopic (exact) mass is 322 g/mol. The first-order valence-corrected chi connectivity index (χ1v) is 7.54. The van der Waals surface area contributed by atoms with Gasteiger partial charge in [-0.3, -0.25) is 9.80 Å². The first-order chi connectivity index (χ1) is 11.2. The molecule has 1 amide bonds. The van der Waals surface area contributed by atoms with E-state index in [-0.39, 0.29) is 13.2 Å². The van der Waals surface area contributed by atoms with E-state index in [0.29, 0.717) is 26.2 Å². The van der Waals surface area contributed by atoms with E-state index in [1.807, 2.05) is 35.2 Å². The molecule has 0 saturated carbocycles. The highest BCUT2D eigenvalue weighted by Gasteiger charge is 2.36. The van der Waals surface area contributed by atoms with Crippen LogP contribution in [0, 0.1) is 0 Å². The second kappa shape index (κ2) is 8.50. The normalized spacial score (nSPS) is 18.5.